The van der Waals surface area contributed by atoms with Crippen LogP contribution in [0.1, 0.15) is 107 Å². The van der Waals surface area contributed by atoms with E-state index in [4.69, 9.17) is 9.47 Å². The van der Waals surface area contributed by atoms with Crippen molar-refractivity contribution in [3.05, 3.63) is 23.3 Å². The topological polar surface area (TPSA) is 69.7 Å². The smallest absolute Gasteiger partial charge is 0.315 e. The Morgan fingerprint density at radius 1 is 0.868 bits per heavy atom. The summed E-state index contributed by atoms with van der Waals surface area (Å²) in [6, 6.07) is 0. The van der Waals surface area contributed by atoms with Crippen molar-refractivity contribution in [2.45, 2.75) is 113 Å². The summed E-state index contributed by atoms with van der Waals surface area (Å²) in [7, 11) is 1.47. The molecule has 2 unspecified atom stereocenters. The maximum Gasteiger partial charge on any atom is 0.315 e. The molecule has 5 rings (SSSR count). The number of rotatable bonds is 2. The lowest BCUT2D eigenvalue weighted by molar-refractivity contribution is -0.206. The van der Waals surface area contributed by atoms with E-state index in [-0.39, 0.29) is 56.8 Å². The minimum absolute atomic E-state index is 0.0203. The molecule has 38 heavy (non-hydrogen) atoms. The van der Waals surface area contributed by atoms with E-state index in [1.165, 1.54) is 25.2 Å². The van der Waals surface area contributed by atoms with E-state index in [9.17, 15) is 14.4 Å². The number of methoxy groups -OCH3 is 1. The molecule has 5 aliphatic rings. The highest BCUT2D eigenvalue weighted by atomic mass is 16.5. The number of esters is 2. The molecule has 0 aromatic rings. The van der Waals surface area contributed by atoms with Gasteiger partial charge < -0.3 is 9.47 Å². The van der Waals surface area contributed by atoms with Gasteiger partial charge in [0, 0.05) is 18.3 Å². The molecule has 0 saturated heterocycles. The number of allylic oxidation sites excluding steroid dienone is 3. The van der Waals surface area contributed by atoms with Crippen molar-refractivity contribution in [1.29, 1.82) is 0 Å². The van der Waals surface area contributed by atoms with Gasteiger partial charge in [-0.1, -0.05) is 47.6 Å². The number of hydrogen-bond donors (Lipinski definition) is 0. The van der Waals surface area contributed by atoms with E-state index >= 15 is 0 Å². The Hall–Kier alpha value is -1.91. The molecular weight excluding hydrogens is 476 g/mol. The summed E-state index contributed by atoms with van der Waals surface area (Å²) in [5, 5.41) is 0. The van der Waals surface area contributed by atoms with Gasteiger partial charge in [-0.3, -0.25) is 14.4 Å². The predicted octanol–water partition coefficient (Wildman–Crippen LogP) is 6.99. The molecule has 5 heteroatoms. The third-order valence-corrected chi connectivity index (χ3v) is 12.9. The van der Waals surface area contributed by atoms with Gasteiger partial charge in [0.15, 0.2) is 5.78 Å². The average molecular weight is 525 g/mol. The Bertz CT molecular complexity index is 1150. The molecule has 0 amide bonds. The van der Waals surface area contributed by atoms with Gasteiger partial charge in [0.05, 0.1) is 12.5 Å². The third kappa shape index (κ3) is 3.45. The number of ether oxygens (including phenoxy) is 2. The van der Waals surface area contributed by atoms with E-state index < -0.39 is 5.41 Å². The van der Waals surface area contributed by atoms with Crippen LogP contribution < -0.4 is 0 Å². The number of hydrogen-bond acceptors (Lipinski definition) is 5. The maximum absolute atomic E-state index is 14.4. The van der Waals surface area contributed by atoms with Crippen molar-refractivity contribution < 1.29 is 23.9 Å². The van der Waals surface area contributed by atoms with Crippen LogP contribution in [0.25, 0.3) is 0 Å². The first kappa shape index (κ1) is 27.6. The lowest BCUT2D eigenvalue weighted by atomic mass is 9.34. The zero-order valence-corrected chi connectivity index (χ0v) is 25.1. The fraction of sp³-hybridized carbons (Fsp3) is 0.788. The largest absolute Gasteiger partial charge is 0.468 e. The lowest BCUT2D eigenvalue weighted by Crippen LogP contribution is -2.66. The van der Waals surface area contributed by atoms with E-state index in [1.54, 1.807) is 0 Å². The Labute approximate surface area is 229 Å². The highest BCUT2D eigenvalue weighted by Crippen LogP contribution is 2.74. The van der Waals surface area contributed by atoms with Gasteiger partial charge in [0.2, 0.25) is 0 Å². The summed E-state index contributed by atoms with van der Waals surface area (Å²) in [6.07, 6.45) is 11.6. The van der Waals surface area contributed by atoms with Gasteiger partial charge in [-0.2, -0.15) is 0 Å². The van der Waals surface area contributed by atoms with Gasteiger partial charge in [-0.15, -0.1) is 0 Å². The maximum atomic E-state index is 14.4. The summed E-state index contributed by atoms with van der Waals surface area (Å²) in [5.41, 5.74) is 1.05. The minimum atomic E-state index is -0.660. The van der Waals surface area contributed by atoms with Crippen LogP contribution in [0.5, 0.6) is 0 Å². The molecule has 0 aromatic heterocycles. The molecule has 5 aliphatic carbocycles. The van der Waals surface area contributed by atoms with Crippen molar-refractivity contribution in [3.8, 4) is 0 Å². The van der Waals surface area contributed by atoms with E-state index in [0.717, 1.165) is 51.4 Å². The van der Waals surface area contributed by atoms with Crippen LogP contribution >= 0.6 is 0 Å². The summed E-state index contributed by atoms with van der Waals surface area (Å²) in [5.74, 6) is 0.0844. The monoisotopic (exact) mass is 524 g/mol. The summed E-state index contributed by atoms with van der Waals surface area (Å²) >= 11 is 0. The van der Waals surface area contributed by atoms with Crippen LogP contribution in [0.4, 0.5) is 0 Å². The average Bonchev–Trinajstić information content (AvgIpc) is 2.82. The van der Waals surface area contributed by atoms with Crippen molar-refractivity contribution in [1.82, 2.24) is 0 Å². The van der Waals surface area contributed by atoms with Crippen LogP contribution in [-0.4, -0.2) is 30.9 Å². The standard InChI is InChI=1S/C33H48O5/c1-20(34)38-25-11-12-31(6)24(28(25,2)3)10-13-33(8)26(31)23(35)18-21-22-19-30(5,27(36)37-9)15-14-29(22,4)16-17-32(21,33)7/h18-19,24-26H,10-17H2,1-9H3/t24?,25-,26?,29+,30-,31-,32+,33+/m0/s1. The van der Waals surface area contributed by atoms with Crippen LogP contribution in [-0.2, 0) is 23.9 Å². The van der Waals surface area contributed by atoms with Gasteiger partial charge in [-0.05, 0) is 103 Å². The first-order chi connectivity index (χ1) is 17.5. The first-order valence-corrected chi connectivity index (χ1v) is 14.7. The van der Waals surface area contributed by atoms with Gasteiger partial charge >= 0.3 is 11.9 Å². The Kier molecular flexibility index (Phi) is 6.04. The lowest BCUT2D eigenvalue weighted by Gasteiger charge is -2.69. The molecule has 0 spiro atoms. The molecule has 0 aromatic carbocycles. The minimum Gasteiger partial charge on any atom is -0.468 e. The highest BCUT2D eigenvalue weighted by Gasteiger charge is 2.69. The number of ketones is 1. The zero-order chi connectivity index (χ0) is 28.1. The molecule has 0 bridgehead atoms. The summed E-state index contributed by atoms with van der Waals surface area (Å²) < 4.78 is 11.0. The Morgan fingerprint density at radius 2 is 1.53 bits per heavy atom. The van der Waals surface area contributed by atoms with E-state index in [1.807, 2.05) is 13.0 Å². The normalized spacial score (nSPS) is 47.3. The van der Waals surface area contributed by atoms with Crippen LogP contribution in [0.15, 0.2) is 23.3 Å². The van der Waals surface area contributed by atoms with Crippen LogP contribution in [0.2, 0.25) is 0 Å². The second kappa shape index (κ2) is 8.30. The van der Waals surface area contributed by atoms with Gasteiger partial charge in [0.1, 0.15) is 6.10 Å². The molecule has 3 fully saturated rings. The molecule has 3 saturated carbocycles. The van der Waals surface area contributed by atoms with E-state index in [0.29, 0.717) is 5.92 Å². The van der Waals surface area contributed by atoms with Crippen LogP contribution in [0.3, 0.4) is 0 Å². The summed E-state index contributed by atoms with van der Waals surface area (Å²) in [6.45, 7) is 17.5. The van der Waals surface area contributed by atoms with Gasteiger partial charge in [-0.25, -0.2) is 0 Å². The number of carbonyl (C=O) groups is 3. The molecule has 0 heterocycles. The second-order valence-electron chi connectivity index (χ2n) is 15.2. The molecule has 8 atom stereocenters. The van der Waals surface area contributed by atoms with Crippen molar-refractivity contribution in [3.63, 3.8) is 0 Å². The van der Waals surface area contributed by atoms with Crippen LogP contribution in [0, 0.1) is 44.3 Å². The molecule has 0 radical (unpaired) electrons. The fourth-order valence-corrected chi connectivity index (χ4v) is 10.4. The molecule has 0 N–H and O–H groups in total. The molecular formula is C33H48O5. The number of carbonyl (C=O) groups excluding carboxylic acids is 3. The third-order valence-electron chi connectivity index (χ3n) is 12.9. The quantitative estimate of drug-likeness (QED) is 0.364. The van der Waals surface area contributed by atoms with Crippen molar-refractivity contribution in [2.24, 2.45) is 44.3 Å². The fourth-order valence-electron chi connectivity index (χ4n) is 10.4. The van der Waals surface area contributed by atoms with Gasteiger partial charge in [0.25, 0.3) is 0 Å². The molecule has 210 valence electrons. The highest BCUT2D eigenvalue weighted by molar-refractivity contribution is 5.96. The predicted molar refractivity (Wildman–Crippen MR) is 147 cm³/mol. The molecule has 5 nitrogen and oxygen atoms in total. The Morgan fingerprint density at radius 3 is 2.16 bits per heavy atom. The Balaban J connectivity index is 1.62. The zero-order valence-electron chi connectivity index (χ0n) is 25.1. The molecule has 0 aliphatic heterocycles. The number of fused-ring (bicyclic) bond motifs is 7. The van der Waals surface area contributed by atoms with Crippen molar-refractivity contribution >= 4 is 17.7 Å². The SMILES string of the molecule is COC(=O)[C@]1(C)C=C2C3=CC(=O)C4[C@@]5(C)CC[C@H](OC(C)=O)C(C)(C)C5CC[C@@]4(C)[C@]3(C)CC[C@@]2(C)CC1. The second-order valence-corrected chi connectivity index (χ2v) is 15.2. The van der Waals surface area contributed by atoms with E-state index in [2.05, 4.69) is 47.6 Å². The first-order valence-electron chi connectivity index (χ1n) is 14.7. The summed E-state index contributed by atoms with van der Waals surface area (Å²) in [4.78, 5) is 39.1. The van der Waals surface area contributed by atoms with Crippen molar-refractivity contribution in [2.75, 3.05) is 7.11 Å².